The SMILES string of the molecule is CCNC(=NCC1(c2ccccc2Br)CC1)NCCNC(=O)c1cccnc1.I. The van der Waals surface area contributed by atoms with Crippen molar-refractivity contribution in [3.05, 3.63) is 64.4 Å². The van der Waals surface area contributed by atoms with E-state index in [2.05, 4.69) is 55.1 Å². The van der Waals surface area contributed by atoms with E-state index in [4.69, 9.17) is 4.99 Å². The number of benzene rings is 1. The van der Waals surface area contributed by atoms with Gasteiger partial charge in [-0.2, -0.15) is 0 Å². The maximum absolute atomic E-state index is 12.0. The maximum atomic E-state index is 12.0. The van der Waals surface area contributed by atoms with Crippen molar-refractivity contribution in [1.82, 2.24) is 20.9 Å². The Bertz CT molecular complexity index is 827. The molecule has 0 spiro atoms. The molecule has 0 atom stereocenters. The molecule has 8 heteroatoms. The lowest BCUT2D eigenvalue weighted by Crippen LogP contribution is -2.42. The summed E-state index contributed by atoms with van der Waals surface area (Å²) in [6.07, 6.45) is 5.52. The molecule has 1 heterocycles. The van der Waals surface area contributed by atoms with Crippen LogP contribution in [0.25, 0.3) is 0 Å². The summed E-state index contributed by atoms with van der Waals surface area (Å²) in [5.41, 5.74) is 2.03. The number of nitrogens with one attached hydrogen (secondary N) is 3. The van der Waals surface area contributed by atoms with Gasteiger partial charge in [-0.25, -0.2) is 0 Å². The van der Waals surface area contributed by atoms with Crippen molar-refractivity contribution in [2.45, 2.75) is 25.2 Å². The lowest BCUT2D eigenvalue weighted by molar-refractivity contribution is 0.0954. The van der Waals surface area contributed by atoms with E-state index in [9.17, 15) is 4.79 Å². The Labute approximate surface area is 197 Å². The van der Waals surface area contributed by atoms with E-state index in [1.54, 1.807) is 24.5 Å². The first-order chi connectivity index (χ1) is 13.6. The summed E-state index contributed by atoms with van der Waals surface area (Å²) in [6.45, 7) is 4.68. The Balaban J connectivity index is 0.00000300. The van der Waals surface area contributed by atoms with Crippen molar-refractivity contribution in [2.75, 3.05) is 26.2 Å². The first-order valence-corrected chi connectivity index (χ1v) is 10.4. The molecule has 0 bridgehead atoms. The summed E-state index contributed by atoms with van der Waals surface area (Å²) < 4.78 is 1.15. The van der Waals surface area contributed by atoms with Crippen LogP contribution in [-0.2, 0) is 5.41 Å². The number of rotatable bonds is 8. The van der Waals surface area contributed by atoms with Crippen LogP contribution >= 0.6 is 39.9 Å². The standard InChI is InChI=1S/C21H26BrN5O.HI/c1-2-24-20(26-13-12-25-19(28)16-6-5-11-23-14-16)27-15-21(9-10-21)17-7-3-4-8-18(17)22;/h3-8,11,14H,2,9-10,12-13,15H2,1H3,(H,25,28)(H2,24,26,27);1H. The third kappa shape index (κ3) is 6.67. The summed E-state index contributed by atoms with van der Waals surface area (Å²) in [5, 5.41) is 9.45. The summed E-state index contributed by atoms with van der Waals surface area (Å²) in [4.78, 5) is 20.8. The van der Waals surface area contributed by atoms with Crippen molar-refractivity contribution in [3.63, 3.8) is 0 Å². The molecule has 156 valence electrons. The highest BCUT2D eigenvalue weighted by atomic mass is 127. The molecule has 6 nitrogen and oxygen atoms in total. The maximum Gasteiger partial charge on any atom is 0.252 e. The number of carbonyl (C=O) groups excluding carboxylic acids is 1. The summed E-state index contributed by atoms with van der Waals surface area (Å²) in [6, 6.07) is 11.9. The summed E-state index contributed by atoms with van der Waals surface area (Å²) in [7, 11) is 0. The molecule has 1 fully saturated rings. The predicted molar refractivity (Wildman–Crippen MR) is 131 cm³/mol. The van der Waals surface area contributed by atoms with Crippen molar-refractivity contribution >= 4 is 51.8 Å². The third-order valence-electron chi connectivity index (χ3n) is 4.81. The van der Waals surface area contributed by atoms with E-state index < -0.39 is 0 Å². The average Bonchev–Trinajstić information content (AvgIpc) is 3.51. The van der Waals surface area contributed by atoms with Crippen LogP contribution in [0.2, 0.25) is 0 Å². The quantitative estimate of drug-likeness (QED) is 0.196. The second kappa shape index (κ2) is 11.5. The van der Waals surface area contributed by atoms with Crippen LogP contribution in [0.1, 0.15) is 35.7 Å². The molecular weight excluding hydrogens is 545 g/mol. The molecule has 1 aromatic heterocycles. The van der Waals surface area contributed by atoms with Gasteiger partial charge in [0, 0.05) is 41.9 Å². The molecule has 1 aliphatic rings. The van der Waals surface area contributed by atoms with Crippen LogP contribution in [0.5, 0.6) is 0 Å². The third-order valence-corrected chi connectivity index (χ3v) is 5.50. The summed E-state index contributed by atoms with van der Waals surface area (Å²) >= 11 is 3.67. The lowest BCUT2D eigenvalue weighted by atomic mass is 9.96. The number of carbonyl (C=O) groups is 1. The van der Waals surface area contributed by atoms with Gasteiger partial charge in [0.2, 0.25) is 0 Å². The Kier molecular flexibility index (Phi) is 9.35. The second-order valence-electron chi connectivity index (χ2n) is 6.88. The fourth-order valence-electron chi connectivity index (χ4n) is 3.08. The van der Waals surface area contributed by atoms with Gasteiger partial charge in [0.25, 0.3) is 5.91 Å². The van der Waals surface area contributed by atoms with Crippen LogP contribution in [0, 0.1) is 0 Å². The van der Waals surface area contributed by atoms with Gasteiger partial charge < -0.3 is 16.0 Å². The van der Waals surface area contributed by atoms with Gasteiger partial charge in [0.1, 0.15) is 0 Å². The van der Waals surface area contributed by atoms with Gasteiger partial charge in [0.05, 0.1) is 12.1 Å². The van der Waals surface area contributed by atoms with E-state index in [1.807, 2.05) is 13.0 Å². The fraction of sp³-hybridized carbons (Fsp3) is 0.381. The number of aliphatic imine (C=N–C) groups is 1. The monoisotopic (exact) mass is 571 g/mol. The zero-order chi connectivity index (χ0) is 19.8. The number of amides is 1. The molecule has 1 saturated carbocycles. The normalized spacial score (nSPS) is 14.5. The van der Waals surface area contributed by atoms with Gasteiger partial charge in [-0.15, -0.1) is 24.0 Å². The Morgan fingerprint density at radius 1 is 1.14 bits per heavy atom. The van der Waals surface area contributed by atoms with Gasteiger partial charge in [-0.05, 0) is 43.5 Å². The topological polar surface area (TPSA) is 78.4 Å². The fourth-order valence-corrected chi connectivity index (χ4v) is 3.79. The molecule has 3 rings (SSSR count). The van der Waals surface area contributed by atoms with Crippen LogP contribution < -0.4 is 16.0 Å². The van der Waals surface area contributed by atoms with E-state index >= 15 is 0 Å². The van der Waals surface area contributed by atoms with Gasteiger partial charge >= 0.3 is 0 Å². The van der Waals surface area contributed by atoms with Crippen molar-refractivity contribution < 1.29 is 4.79 Å². The Morgan fingerprint density at radius 2 is 1.90 bits per heavy atom. The number of pyridine rings is 1. The predicted octanol–water partition coefficient (Wildman–Crippen LogP) is 3.48. The number of nitrogens with zero attached hydrogens (tertiary/aromatic N) is 2. The van der Waals surface area contributed by atoms with Crippen molar-refractivity contribution in [3.8, 4) is 0 Å². The smallest absolute Gasteiger partial charge is 0.252 e. The van der Waals surface area contributed by atoms with Crippen LogP contribution in [0.3, 0.4) is 0 Å². The van der Waals surface area contributed by atoms with E-state index in [0.717, 1.165) is 36.4 Å². The highest BCUT2D eigenvalue weighted by Crippen LogP contribution is 2.50. The molecule has 2 aromatic rings. The minimum absolute atomic E-state index is 0. The van der Waals surface area contributed by atoms with Gasteiger partial charge in [0.15, 0.2) is 5.96 Å². The highest BCUT2D eigenvalue weighted by molar-refractivity contribution is 14.0. The molecule has 1 aliphatic carbocycles. The molecule has 29 heavy (non-hydrogen) atoms. The van der Waals surface area contributed by atoms with E-state index in [-0.39, 0.29) is 35.3 Å². The summed E-state index contributed by atoms with van der Waals surface area (Å²) in [5.74, 6) is 0.652. The number of halogens is 2. The molecule has 0 radical (unpaired) electrons. The first kappa shape index (κ1) is 23.6. The molecule has 1 amide bonds. The van der Waals surface area contributed by atoms with Crippen molar-refractivity contribution in [2.24, 2.45) is 4.99 Å². The molecule has 3 N–H and O–H groups in total. The van der Waals surface area contributed by atoms with E-state index in [0.29, 0.717) is 18.7 Å². The lowest BCUT2D eigenvalue weighted by Gasteiger charge is -2.17. The van der Waals surface area contributed by atoms with Crippen LogP contribution in [0.4, 0.5) is 0 Å². The van der Waals surface area contributed by atoms with Gasteiger partial charge in [-0.1, -0.05) is 34.1 Å². The Morgan fingerprint density at radius 3 is 2.55 bits per heavy atom. The number of hydrogen-bond donors (Lipinski definition) is 3. The molecule has 0 unspecified atom stereocenters. The number of aromatic nitrogens is 1. The molecular formula is C21H27BrIN5O. The van der Waals surface area contributed by atoms with Crippen LogP contribution in [0.15, 0.2) is 58.3 Å². The van der Waals surface area contributed by atoms with Crippen molar-refractivity contribution in [1.29, 1.82) is 0 Å². The largest absolute Gasteiger partial charge is 0.357 e. The average molecular weight is 572 g/mol. The minimum Gasteiger partial charge on any atom is -0.357 e. The second-order valence-corrected chi connectivity index (χ2v) is 7.73. The Hall–Kier alpha value is -1.68. The van der Waals surface area contributed by atoms with Crippen LogP contribution in [-0.4, -0.2) is 43.0 Å². The zero-order valence-corrected chi connectivity index (χ0v) is 20.4. The van der Waals surface area contributed by atoms with Gasteiger partial charge in [-0.3, -0.25) is 14.8 Å². The molecule has 1 aromatic carbocycles. The first-order valence-electron chi connectivity index (χ1n) is 9.60. The zero-order valence-electron chi connectivity index (χ0n) is 16.5. The molecule has 0 aliphatic heterocycles. The minimum atomic E-state index is -0.122. The highest BCUT2D eigenvalue weighted by Gasteiger charge is 2.45. The van der Waals surface area contributed by atoms with E-state index in [1.165, 1.54) is 5.56 Å². The number of hydrogen-bond acceptors (Lipinski definition) is 3. The number of guanidine groups is 1. The molecule has 0 saturated heterocycles.